The third-order valence-electron chi connectivity index (χ3n) is 9.60. The average molecular weight is 682 g/mol. The molecule has 0 N–H and O–H groups in total. The van der Waals surface area contributed by atoms with Crippen molar-refractivity contribution in [1.29, 1.82) is 0 Å². The molecule has 245 valence electrons. The van der Waals surface area contributed by atoms with Gasteiger partial charge in [-0.15, -0.1) is 0 Å². The molecule has 41 heavy (non-hydrogen) atoms. The van der Waals surface area contributed by atoms with Crippen LogP contribution in [0.3, 0.4) is 0 Å². The van der Waals surface area contributed by atoms with Gasteiger partial charge in [-0.05, 0) is 0 Å². The molecule has 0 aromatic rings. The van der Waals surface area contributed by atoms with Crippen LogP contribution in [-0.2, 0) is 0 Å². The molecule has 0 heterocycles. The van der Waals surface area contributed by atoms with Crippen LogP contribution < -0.4 is 0 Å². The molecule has 0 saturated heterocycles. The molecule has 0 aliphatic rings. The van der Waals surface area contributed by atoms with Crippen LogP contribution in [0.2, 0.25) is 8.87 Å². The first-order chi connectivity index (χ1) is 20.3. The van der Waals surface area contributed by atoms with Crippen LogP contribution in [0.4, 0.5) is 0 Å². The minimum absolute atomic E-state index is 0.000249. The Morgan fingerprint density at radius 3 is 0.756 bits per heavy atom. The number of hydrogen-bond acceptors (Lipinski definition) is 0. The Hall–Kier alpha value is 0.799. The van der Waals surface area contributed by atoms with Gasteiger partial charge in [-0.3, -0.25) is 0 Å². The van der Waals surface area contributed by atoms with E-state index in [0.29, 0.717) is 0 Å². The summed E-state index contributed by atoms with van der Waals surface area (Å²) in [6, 6.07) is 0. The van der Waals surface area contributed by atoms with Gasteiger partial charge in [-0.1, -0.05) is 104 Å². The molecule has 1 radical (unpaired) electrons. The Morgan fingerprint density at radius 1 is 0.268 bits per heavy atom. The number of unbranched alkanes of at least 4 members (excludes halogenated alkanes) is 27. The van der Waals surface area contributed by atoms with E-state index in [0.717, 1.165) is 5.92 Å². The van der Waals surface area contributed by atoms with E-state index in [2.05, 4.69) is 20.8 Å². The van der Waals surface area contributed by atoms with Gasteiger partial charge in [0.15, 0.2) is 0 Å². The van der Waals surface area contributed by atoms with Gasteiger partial charge in [-0.2, -0.15) is 0 Å². The van der Waals surface area contributed by atoms with Gasteiger partial charge in [0.25, 0.3) is 0 Å². The van der Waals surface area contributed by atoms with Crippen LogP contribution in [0, 0.1) is 5.92 Å². The van der Waals surface area contributed by atoms with Gasteiger partial charge in [0.05, 0.1) is 0 Å². The van der Waals surface area contributed by atoms with Crippen molar-refractivity contribution < 1.29 is 0 Å². The van der Waals surface area contributed by atoms with Crippen molar-refractivity contribution in [3.63, 3.8) is 0 Å². The first-order valence-electron chi connectivity index (χ1n) is 20.1. The second kappa shape index (κ2) is 38.8. The molecule has 1 heteroatoms. The molecule has 0 fully saturated rings. The van der Waals surface area contributed by atoms with Crippen molar-refractivity contribution in [3.8, 4) is 0 Å². The van der Waals surface area contributed by atoms with E-state index in [1.54, 1.807) is 47.4 Å². The van der Waals surface area contributed by atoms with E-state index in [9.17, 15) is 0 Å². The molecule has 0 amide bonds. The second-order valence-electron chi connectivity index (χ2n) is 13.9. The molecule has 0 unspecified atom stereocenters. The summed E-state index contributed by atoms with van der Waals surface area (Å²) in [5.41, 5.74) is 0. The van der Waals surface area contributed by atoms with Crippen molar-refractivity contribution in [2.24, 2.45) is 5.92 Å². The summed E-state index contributed by atoms with van der Waals surface area (Å²) < 4.78 is 3.33. The van der Waals surface area contributed by atoms with E-state index in [1.165, 1.54) is 180 Å². The minimum atomic E-state index is -0.000249. The Labute approximate surface area is 273 Å². The summed E-state index contributed by atoms with van der Waals surface area (Å²) in [6.45, 7) is 6.97. The third-order valence-corrected chi connectivity index (χ3v) is 13.6. The standard InChI is InChI=1S/C32H65.C8H17.Sn/c1-4-7-10-13-15-17-19-21-24-27-30-32(29-26-23-12-9-6-3)31-28-25-22-20-18-16-14-11-8-5-2;1-3-5-7-8-6-4-2;/h32H,3-31H2,1-2H3;1,3-8H2,2H3;/q;;+1. The predicted molar refractivity (Wildman–Crippen MR) is 193 cm³/mol. The summed E-state index contributed by atoms with van der Waals surface area (Å²) in [6.07, 6.45) is 50.8. The van der Waals surface area contributed by atoms with E-state index >= 15 is 0 Å². The fourth-order valence-electron chi connectivity index (χ4n) is 6.64. The summed E-state index contributed by atoms with van der Waals surface area (Å²) in [7, 11) is 0. The van der Waals surface area contributed by atoms with Crippen molar-refractivity contribution in [2.75, 3.05) is 0 Å². The van der Waals surface area contributed by atoms with E-state index in [1.807, 2.05) is 0 Å². The molecular formula is C40H82Sn+. The molecule has 0 aromatic carbocycles. The van der Waals surface area contributed by atoms with Gasteiger partial charge >= 0.3 is 171 Å². The maximum atomic E-state index is 2.32. The SMILES string of the molecule is CCCCCCCCCCCCC(CCCCCCCCCCCC)CCCCCC[CH2][Sn+][CH2]CCCCCCC. The predicted octanol–water partition coefficient (Wildman–Crippen LogP) is 15.5. The van der Waals surface area contributed by atoms with Crippen LogP contribution in [0.15, 0.2) is 0 Å². The third kappa shape index (κ3) is 36.9. The monoisotopic (exact) mass is 683 g/mol. The van der Waals surface area contributed by atoms with Crippen molar-refractivity contribution in [3.05, 3.63) is 0 Å². The van der Waals surface area contributed by atoms with Crippen LogP contribution in [-0.4, -0.2) is 21.1 Å². The summed E-state index contributed by atoms with van der Waals surface area (Å²) in [5.74, 6) is 1.05. The van der Waals surface area contributed by atoms with Crippen molar-refractivity contribution in [2.45, 2.75) is 248 Å². The van der Waals surface area contributed by atoms with Crippen molar-refractivity contribution >= 4 is 21.1 Å². The topological polar surface area (TPSA) is 0 Å². The van der Waals surface area contributed by atoms with E-state index < -0.39 is 0 Å². The maximum absolute atomic E-state index is 2.32. The first-order valence-corrected chi connectivity index (χ1v) is 24.1. The molecule has 0 rings (SSSR count). The summed E-state index contributed by atoms with van der Waals surface area (Å²) in [4.78, 5) is 0. The Morgan fingerprint density at radius 2 is 0.488 bits per heavy atom. The van der Waals surface area contributed by atoms with E-state index in [-0.39, 0.29) is 21.1 Å². The van der Waals surface area contributed by atoms with E-state index in [4.69, 9.17) is 0 Å². The van der Waals surface area contributed by atoms with Crippen LogP contribution in [0.25, 0.3) is 0 Å². The summed E-state index contributed by atoms with van der Waals surface area (Å²) in [5, 5.41) is 0. The number of rotatable bonds is 37. The Balaban J connectivity index is 3.86. The first kappa shape index (κ1) is 41.8. The second-order valence-corrected chi connectivity index (χ2v) is 18.2. The molecule has 0 aliphatic carbocycles. The zero-order valence-corrected chi connectivity index (χ0v) is 32.4. The average Bonchev–Trinajstić information content (AvgIpc) is 2.98. The Bertz CT molecular complexity index is 409. The van der Waals surface area contributed by atoms with Gasteiger partial charge < -0.3 is 0 Å². The molecule has 0 spiro atoms. The molecular weight excluding hydrogens is 599 g/mol. The zero-order valence-electron chi connectivity index (χ0n) is 29.5. The quantitative estimate of drug-likeness (QED) is 0.0452. The Kier molecular flexibility index (Phi) is 39.6. The molecule has 0 saturated carbocycles. The van der Waals surface area contributed by atoms with Gasteiger partial charge in [0.2, 0.25) is 0 Å². The normalized spacial score (nSPS) is 11.6. The van der Waals surface area contributed by atoms with Crippen LogP contribution in [0.1, 0.15) is 239 Å². The van der Waals surface area contributed by atoms with Gasteiger partial charge in [-0.25, -0.2) is 0 Å². The van der Waals surface area contributed by atoms with Crippen LogP contribution >= 0.6 is 0 Å². The molecule has 0 bridgehead atoms. The van der Waals surface area contributed by atoms with Gasteiger partial charge in [0.1, 0.15) is 0 Å². The molecule has 0 aliphatic heterocycles. The van der Waals surface area contributed by atoms with Crippen LogP contribution in [0.5, 0.6) is 0 Å². The fourth-order valence-corrected chi connectivity index (χ4v) is 10.2. The van der Waals surface area contributed by atoms with Gasteiger partial charge in [0, 0.05) is 0 Å². The fraction of sp³-hybridized carbons (Fsp3) is 1.00. The number of hydrogen-bond donors (Lipinski definition) is 0. The molecule has 0 atom stereocenters. The molecule has 0 aromatic heterocycles. The molecule has 0 nitrogen and oxygen atoms in total. The zero-order chi connectivity index (χ0) is 29.7. The summed E-state index contributed by atoms with van der Waals surface area (Å²) >= 11 is -0.000249. The van der Waals surface area contributed by atoms with Crippen molar-refractivity contribution in [1.82, 2.24) is 0 Å².